The van der Waals surface area contributed by atoms with E-state index in [1.54, 1.807) is 12.4 Å². The average Bonchev–Trinajstić information content (AvgIpc) is 3.12. The van der Waals surface area contributed by atoms with Crippen LogP contribution in [0.5, 0.6) is 0 Å². The van der Waals surface area contributed by atoms with E-state index in [-0.39, 0.29) is 5.95 Å². The summed E-state index contributed by atoms with van der Waals surface area (Å²) < 4.78 is 32.7. The maximum Gasteiger partial charge on any atom is 0.219 e. The fraction of sp³-hybridized carbons (Fsp3) is 0.444. The number of anilines is 2. The Morgan fingerprint density at radius 2 is 1.87 bits per heavy atom. The Morgan fingerprint density at radius 3 is 2.50 bits per heavy atom. The first-order valence-corrected chi connectivity index (χ1v) is 12.0. The number of aromatic nitrogens is 4. The summed E-state index contributed by atoms with van der Waals surface area (Å²) in [6.07, 6.45) is 4.34. The molecular weight excluding hydrogens is 426 g/mol. The van der Waals surface area contributed by atoms with Gasteiger partial charge in [-0.1, -0.05) is 0 Å². The quantitative estimate of drug-likeness (QED) is 0.591. The molecule has 0 unspecified atom stereocenters. The lowest BCUT2D eigenvalue weighted by atomic mass is 10.1. The first-order valence-electron chi connectivity index (χ1n) is 9.34. The van der Waals surface area contributed by atoms with Gasteiger partial charge in [0.1, 0.15) is 0 Å². The number of ether oxygens (including phenoxy) is 1. The normalized spacial score (nSPS) is 15.6. The van der Waals surface area contributed by atoms with Gasteiger partial charge in [-0.15, -0.1) is 11.3 Å². The molecule has 1 fully saturated rings. The molecule has 0 saturated carbocycles. The average molecular weight is 450 g/mol. The van der Waals surface area contributed by atoms with Gasteiger partial charge in [-0.05, 0) is 19.9 Å². The molecule has 0 spiro atoms. The molecule has 1 saturated heterocycles. The van der Waals surface area contributed by atoms with Crippen molar-refractivity contribution in [1.29, 1.82) is 0 Å². The van der Waals surface area contributed by atoms with Crippen LogP contribution in [0.15, 0.2) is 18.5 Å². The number of sulfonamides is 1. The number of rotatable bonds is 5. The van der Waals surface area contributed by atoms with Crippen molar-refractivity contribution in [2.24, 2.45) is 0 Å². The summed E-state index contributed by atoms with van der Waals surface area (Å²) in [4.78, 5) is 20.6. The molecule has 3 aromatic heterocycles. The molecule has 0 bridgehead atoms. The molecule has 0 aliphatic carbocycles. The lowest BCUT2D eigenvalue weighted by molar-refractivity contribution is 0.122. The van der Waals surface area contributed by atoms with Crippen molar-refractivity contribution >= 4 is 43.3 Å². The Balaban J connectivity index is 1.86. The topological polar surface area (TPSA) is 136 Å². The maximum atomic E-state index is 11.8. The molecule has 0 radical (unpaired) electrons. The minimum absolute atomic E-state index is 0.180. The van der Waals surface area contributed by atoms with Gasteiger partial charge in [0, 0.05) is 30.4 Å². The minimum atomic E-state index is -3.39. The summed E-state index contributed by atoms with van der Waals surface area (Å²) in [6, 6.07) is 1.91. The minimum Gasteiger partial charge on any atom is -0.378 e. The lowest BCUT2D eigenvalue weighted by Gasteiger charge is -2.28. The Labute approximate surface area is 178 Å². The number of thiophene rings is 1. The van der Waals surface area contributed by atoms with Gasteiger partial charge in [0.15, 0.2) is 11.6 Å². The zero-order chi connectivity index (χ0) is 21.5. The number of morpholine rings is 1. The lowest BCUT2D eigenvalue weighted by Crippen LogP contribution is -2.39. The summed E-state index contributed by atoms with van der Waals surface area (Å²) in [6.45, 7) is 6.31. The summed E-state index contributed by atoms with van der Waals surface area (Å²) in [5.74, 6) is 1.46. The molecule has 30 heavy (non-hydrogen) atoms. The third-order valence-corrected chi connectivity index (χ3v) is 6.98. The van der Waals surface area contributed by atoms with Crippen molar-refractivity contribution in [2.75, 3.05) is 43.2 Å². The van der Waals surface area contributed by atoms with Crippen LogP contribution in [0.1, 0.15) is 18.7 Å². The molecule has 0 aromatic carbocycles. The molecular formula is C18H23N7O3S2. The van der Waals surface area contributed by atoms with Crippen LogP contribution in [0.3, 0.4) is 0 Å². The van der Waals surface area contributed by atoms with Crippen molar-refractivity contribution in [3.63, 3.8) is 0 Å². The summed E-state index contributed by atoms with van der Waals surface area (Å²) in [5.41, 5.74) is 6.21. The van der Waals surface area contributed by atoms with E-state index in [0.29, 0.717) is 37.7 Å². The number of hydrogen-bond donors (Lipinski definition) is 2. The van der Waals surface area contributed by atoms with Crippen molar-refractivity contribution in [2.45, 2.75) is 19.4 Å². The first kappa shape index (κ1) is 20.8. The molecule has 4 heterocycles. The van der Waals surface area contributed by atoms with Gasteiger partial charge in [0.2, 0.25) is 16.0 Å². The number of nitrogens with one attached hydrogen (secondary N) is 1. The van der Waals surface area contributed by atoms with E-state index >= 15 is 0 Å². The van der Waals surface area contributed by atoms with Gasteiger partial charge in [0.05, 0.1) is 40.8 Å². The van der Waals surface area contributed by atoms with Crippen LogP contribution < -0.4 is 15.4 Å². The molecule has 0 amide bonds. The molecule has 1 aliphatic rings. The van der Waals surface area contributed by atoms with Crippen LogP contribution in [-0.4, -0.2) is 60.9 Å². The first-order chi connectivity index (χ1) is 14.1. The monoisotopic (exact) mass is 449 g/mol. The predicted molar refractivity (Wildman–Crippen MR) is 117 cm³/mol. The van der Waals surface area contributed by atoms with E-state index in [1.807, 2.05) is 19.9 Å². The van der Waals surface area contributed by atoms with Gasteiger partial charge >= 0.3 is 0 Å². The number of nitrogens with two attached hydrogens (primary N) is 1. The van der Waals surface area contributed by atoms with Crippen molar-refractivity contribution in [3.05, 3.63) is 23.3 Å². The van der Waals surface area contributed by atoms with E-state index in [9.17, 15) is 8.42 Å². The maximum absolute atomic E-state index is 11.8. The number of nitrogens with zero attached hydrogens (tertiary/aromatic N) is 5. The SMILES string of the molecule is CC(C)(NS(C)(=O)=O)c1cc2nc(-c3cnc(N)nc3)nc(N3CCOCC3)c2s1. The number of nitrogen functional groups attached to an aromatic ring is 1. The van der Waals surface area contributed by atoms with Crippen molar-refractivity contribution in [1.82, 2.24) is 24.7 Å². The second kappa shape index (κ2) is 7.69. The van der Waals surface area contributed by atoms with E-state index in [1.165, 1.54) is 11.3 Å². The van der Waals surface area contributed by atoms with Crippen LogP contribution in [0.25, 0.3) is 21.6 Å². The highest BCUT2D eigenvalue weighted by atomic mass is 32.2. The Bertz CT molecular complexity index is 1170. The summed E-state index contributed by atoms with van der Waals surface area (Å²) in [7, 11) is -3.39. The van der Waals surface area contributed by atoms with E-state index in [2.05, 4.69) is 19.6 Å². The molecule has 0 atom stereocenters. The molecule has 160 valence electrons. The fourth-order valence-corrected chi connectivity index (χ4v) is 5.58. The second-order valence-corrected chi connectivity index (χ2v) is 10.4. The number of fused-ring (bicyclic) bond motifs is 1. The molecule has 3 N–H and O–H groups in total. The molecule has 1 aliphatic heterocycles. The van der Waals surface area contributed by atoms with E-state index in [4.69, 9.17) is 20.4 Å². The molecule has 4 rings (SSSR count). The smallest absolute Gasteiger partial charge is 0.219 e. The van der Waals surface area contributed by atoms with Crippen LogP contribution in [0, 0.1) is 0 Å². The van der Waals surface area contributed by atoms with Crippen molar-refractivity contribution in [3.8, 4) is 11.4 Å². The molecule has 12 heteroatoms. The highest BCUT2D eigenvalue weighted by molar-refractivity contribution is 7.88. The standard InChI is InChI=1S/C18H23N7O3S2/c1-18(2,24-30(3,26)27)13-8-12-14(29-13)16(25-4-6-28-7-5-25)23-15(22-12)11-9-20-17(19)21-10-11/h8-10,24H,4-7H2,1-3H3,(H2,19,20,21). The van der Waals surface area contributed by atoms with Gasteiger partial charge in [0.25, 0.3) is 0 Å². The van der Waals surface area contributed by atoms with Gasteiger partial charge in [-0.2, -0.15) is 0 Å². The number of hydrogen-bond acceptors (Lipinski definition) is 10. The van der Waals surface area contributed by atoms with Crippen LogP contribution in [0.2, 0.25) is 0 Å². The fourth-order valence-electron chi connectivity index (χ4n) is 3.31. The van der Waals surface area contributed by atoms with E-state index < -0.39 is 15.6 Å². The Morgan fingerprint density at radius 1 is 1.20 bits per heavy atom. The van der Waals surface area contributed by atoms with Gasteiger partial charge in [-0.3, -0.25) is 0 Å². The Hall–Kier alpha value is -2.41. The van der Waals surface area contributed by atoms with Crippen LogP contribution >= 0.6 is 11.3 Å². The van der Waals surface area contributed by atoms with Crippen LogP contribution in [0.4, 0.5) is 11.8 Å². The zero-order valence-electron chi connectivity index (χ0n) is 16.9. The van der Waals surface area contributed by atoms with Gasteiger partial charge in [-0.25, -0.2) is 33.1 Å². The third-order valence-electron chi connectivity index (χ3n) is 4.65. The highest BCUT2D eigenvalue weighted by Crippen LogP contribution is 2.38. The van der Waals surface area contributed by atoms with Crippen molar-refractivity contribution < 1.29 is 13.2 Å². The predicted octanol–water partition coefficient (Wildman–Crippen LogP) is 1.35. The second-order valence-electron chi connectivity index (χ2n) is 7.62. The molecule has 3 aromatic rings. The summed E-state index contributed by atoms with van der Waals surface area (Å²) in [5, 5.41) is 0. The largest absolute Gasteiger partial charge is 0.378 e. The zero-order valence-corrected chi connectivity index (χ0v) is 18.5. The van der Waals surface area contributed by atoms with Gasteiger partial charge < -0.3 is 15.4 Å². The molecule has 10 nitrogen and oxygen atoms in total. The summed E-state index contributed by atoms with van der Waals surface area (Å²) >= 11 is 1.49. The highest BCUT2D eigenvalue weighted by Gasteiger charge is 2.29. The third kappa shape index (κ3) is 4.36. The van der Waals surface area contributed by atoms with E-state index in [0.717, 1.165) is 27.2 Å². The Kier molecular flexibility index (Phi) is 5.34. The van der Waals surface area contributed by atoms with Crippen LogP contribution in [-0.2, 0) is 20.3 Å².